The first-order chi connectivity index (χ1) is 11.1. The van der Waals surface area contributed by atoms with Crippen LogP contribution in [-0.2, 0) is 0 Å². The Morgan fingerprint density at radius 3 is 2.39 bits per heavy atom. The van der Waals surface area contributed by atoms with E-state index in [-0.39, 0.29) is 5.91 Å². The van der Waals surface area contributed by atoms with E-state index in [4.69, 9.17) is 11.6 Å². The second kappa shape index (κ2) is 6.98. The van der Waals surface area contributed by atoms with Crippen molar-refractivity contribution in [2.75, 3.05) is 5.75 Å². The minimum atomic E-state index is -0.220. The molecule has 0 fully saturated rings. The molecular formula is C17H14ClN3OS. The molecule has 0 spiro atoms. The Hall–Kier alpha value is -2.11. The highest BCUT2D eigenvalue weighted by molar-refractivity contribution is 8.14. The van der Waals surface area contributed by atoms with Gasteiger partial charge in [-0.05, 0) is 36.8 Å². The van der Waals surface area contributed by atoms with E-state index in [2.05, 4.69) is 15.5 Å². The molecule has 2 aromatic rings. The number of thioether (sulfide) groups is 1. The second-order valence-electron chi connectivity index (χ2n) is 5.07. The fraction of sp³-hybridized carbons (Fsp3) is 0.118. The van der Waals surface area contributed by atoms with E-state index in [0.717, 1.165) is 11.3 Å². The van der Waals surface area contributed by atoms with Crippen molar-refractivity contribution in [1.82, 2.24) is 5.32 Å². The average Bonchev–Trinajstić information content (AvgIpc) is 2.57. The standard InChI is InChI=1S/C17H14ClN3OS/c1-11-2-4-12(5-3-11)15-10-23-17(21-20-15)19-16(22)13-6-8-14(18)9-7-13/h2-9H,10H2,1H3,(H,19,21,22). The number of carbonyl (C=O) groups is 1. The van der Waals surface area contributed by atoms with Gasteiger partial charge in [-0.1, -0.05) is 53.2 Å². The van der Waals surface area contributed by atoms with E-state index >= 15 is 0 Å². The van der Waals surface area contributed by atoms with Crippen LogP contribution < -0.4 is 5.32 Å². The number of halogens is 1. The minimum absolute atomic E-state index is 0.220. The van der Waals surface area contributed by atoms with Gasteiger partial charge in [0.1, 0.15) is 0 Å². The van der Waals surface area contributed by atoms with E-state index < -0.39 is 0 Å². The number of amides is 1. The molecule has 0 bridgehead atoms. The van der Waals surface area contributed by atoms with Crippen molar-refractivity contribution in [2.24, 2.45) is 10.2 Å². The number of aryl methyl sites for hydroxylation is 1. The van der Waals surface area contributed by atoms with Crippen LogP contribution in [0.2, 0.25) is 5.02 Å². The molecule has 0 aromatic heterocycles. The number of rotatable bonds is 2. The molecule has 1 amide bonds. The van der Waals surface area contributed by atoms with E-state index in [1.165, 1.54) is 17.3 Å². The lowest BCUT2D eigenvalue weighted by Crippen LogP contribution is -2.30. The summed E-state index contributed by atoms with van der Waals surface area (Å²) in [6, 6.07) is 14.9. The van der Waals surface area contributed by atoms with Gasteiger partial charge in [-0.15, -0.1) is 5.10 Å². The Labute approximate surface area is 143 Å². The Bertz CT molecular complexity index is 782. The molecule has 0 saturated carbocycles. The predicted octanol–water partition coefficient (Wildman–Crippen LogP) is 3.89. The molecule has 1 N–H and O–H groups in total. The monoisotopic (exact) mass is 343 g/mol. The van der Waals surface area contributed by atoms with Gasteiger partial charge in [-0.25, -0.2) is 0 Å². The van der Waals surface area contributed by atoms with Crippen molar-refractivity contribution < 1.29 is 4.79 Å². The first-order valence-electron chi connectivity index (χ1n) is 7.03. The number of carbonyl (C=O) groups excluding carboxylic acids is 1. The number of nitrogens with one attached hydrogen (secondary N) is 1. The maximum atomic E-state index is 12.1. The predicted molar refractivity (Wildman–Crippen MR) is 96.5 cm³/mol. The van der Waals surface area contributed by atoms with Crippen molar-refractivity contribution in [1.29, 1.82) is 0 Å². The molecule has 1 aliphatic heterocycles. The molecule has 1 heterocycles. The first-order valence-corrected chi connectivity index (χ1v) is 8.39. The molecule has 0 atom stereocenters. The fourth-order valence-corrected chi connectivity index (χ4v) is 2.91. The zero-order valence-corrected chi connectivity index (χ0v) is 14.0. The van der Waals surface area contributed by atoms with Gasteiger partial charge < -0.3 is 0 Å². The number of hydrogen-bond donors (Lipinski definition) is 1. The summed E-state index contributed by atoms with van der Waals surface area (Å²) in [5.74, 6) is 0.449. The molecule has 4 nitrogen and oxygen atoms in total. The zero-order valence-electron chi connectivity index (χ0n) is 12.4. The van der Waals surface area contributed by atoms with Gasteiger partial charge in [0.2, 0.25) is 0 Å². The minimum Gasteiger partial charge on any atom is -0.300 e. The van der Waals surface area contributed by atoms with E-state index in [0.29, 0.717) is 21.5 Å². The molecule has 0 unspecified atom stereocenters. The van der Waals surface area contributed by atoms with Gasteiger partial charge in [-0.3, -0.25) is 10.1 Å². The summed E-state index contributed by atoms with van der Waals surface area (Å²) >= 11 is 7.27. The summed E-state index contributed by atoms with van der Waals surface area (Å²) in [6.07, 6.45) is 0. The average molecular weight is 344 g/mol. The van der Waals surface area contributed by atoms with Crippen LogP contribution in [0.3, 0.4) is 0 Å². The fourth-order valence-electron chi connectivity index (χ4n) is 2.02. The molecule has 23 heavy (non-hydrogen) atoms. The summed E-state index contributed by atoms with van der Waals surface area (Å²) in [7, 11) is 0. The van der Waals surface area contributed by atoms with Crippen LogP contribution in [0.4, 0.5) is 0 Å². The Morgan fingerprint density at radius 1 is 1.09 bits per heavy atom. The molecule has 0 saturated heterocycles. The third-order valence-corrected chi connectivity index (χ3v) is 4.45. The van der Waals surface area contributed by atoms with Gasteiger partial charge in [0.15, 0.2) is 5.17 Å². The number of hydrogen-bond acceptors (Lipinski definition) is 4. The molecule has 6 heteroatoms. The topological polar surface area (TPSA) is 53.8 Å². The van der Waals surface area contributed by atoms with E-state index in [9.17, 15) is 4.79 Å². The van der Waals surface area contributed by atoms with Crippen molar-refractivity contribution in [3.63, 3.8) is 0 Å². The molecule has 3 rings (SSSR count). The normalized spacial score (nSPS) is 14.0. The highest BCUT2D eigenvalue weighted by Gasteiger charge is 2.15. The van der Waals surface area contributed by atoms with Crippen molar-refractivity contribution >= 4 is 40.1 Å². The highest BCUT2D eigenvalue weighted by Crippen LogP contribution is 2.16. The molecule has 116 valence electrons. The second-order valence-corrected chi connectivity index (χ2v) is 6.47. The van der Waals surface area contributed by atoms with Crippen LogP contribution in [0, 0.1) is 6.92 Å². The summed E-state index contributed by atoms with van der Waals surface area (Å²) < 4.78 is 0. The molecule has 0 radical (unpaired) electrons. The van der Waals surface area contributed by atoms with Crippen LogP contribution >= 0.6 is 23.4 Å². The lowest BCUT2D eigenvalue weighted by molar-refractivity contribution is 0.0978. The number of amidine groups is 1. The largest absolute Gasteiger partial charge is 0.300 e. The van der Waals surface area contributed by atoms with Gasteiger partial charge in [0, 0.05) is 16.3 Å². The first kappa shape index (κ1) is 15.8. The van der Waals surface area contributed by atoms with Crippen molar-refractivity contribution in [3.05, 3.63) is 70.2 Å². The Balaban J connectivity index is 1.69. The molecular weight excluding hydrogens is 330 g/mol. The van der Waals surface area contributed by atoms with E-state index in [1.807, 2.05) is 31.2 Å². The number of nitrogens with zero attached hydrogens (tertiary/aromatic N) is 2. The molecule has 2 aromatic carbocycles. The Morgan fingerprint density at radius 2 is 1.78 bits per heavy atom. The van der Waals surface area contributed by atoms with Crippen LogP contribution in [0.25, 0.3) is 0 Å². The smallest absolute Gasteiger partial charge is 0.257 e. The van der Waals surface area contributed by atoms with Crippen LogP contribution in [0.1, 0.15) is 21.5 Å². The zero-order chi connectivity index (χ0) is 16.2. The van der Waals surface area contributed by atoms with E-state index in [1.54, 1.807) is 24.3 Å². The van der Waals surface area contributed by atoms with Crippen LogP contribution in [-0.4, -0.2) is 22.5 Å². The van der Waals surface area contributed by atoms with Crippen LogP contribution in [0.15, 0.2) is 58.7 Å². The Kier molecular flexibility index (Phi) is 4.79. The SMILES string of the molecule is Cc1ccc(C2=NN=C(NC(=O)c3ccc(Cl)cc3)SC2)cc1. The van der Waals surface area contributed by atoms with Crippen molar-refractivity contribution in [2.45, 2.75) is 6.92 Å². The van der Waals surface area contributed by atoms with Gasteiger partial charge >= 0.3 is 0 Å². The number of benzene rings is 2. The summed E-state index contributed by atoms with van der Waals surface area (Å²) in [6.45, 7) is 2.05. The van der Waals surface area contributed by atoms with Gasteiger partial charge in [-0.2, -0.15) is 5.10 Å². The maximum absolute atomic E-state index is 12.1. The van der Waals surface area contributed by atoms with Gasteiger partial charge in [0.25, 0.3) is 5.91 Å². The third-order valence-electron chi connectivity index (χ3n) is 3.32. The quantitative estimate of drug-likeness (QED) is 0.899. The maximum Gasteiger partial charge on any atom is 0.257 e. The highest BCUT2D eigenvalue weighted by atomic mass is 35.5. The lowest BCUT2D eigenvalue weighted by atomic mass is 10.1. The van der Waals surface area contributed by atoms with Crippen molar-refractivity contribution in [3.8, 4) is 0 Å². The van der Waals surface area contributed by atoms with Gasteiger partial charge in [0.05, 0.1) is 5.71 Å². The summed E-state index contributed by atoms with van der Waals surface area (Å²) in [4.78, 5) is 12.1. The summed E-state index contributed by atoms with van der Waals surface area (Å²) in [5, 5.41) is 12.2. The molecule has 1 aliphatic rings. The summed E-state index contributed by atoms with van der Waals surface area (Å²) in [5.41, 5.74) is 3.69. The molecule has 0 aliphatic carbocycles. The van der Waals surface area contributed by atoms with Crippen LogP contribution in [0.5, 0.6) is 0 Å². The third kappa shape index (κ3) is 4.00. The lowest BCUT2D eigenvalue weighted by Gasteiger charge is -2.13.